The van der Waals surface area contributed by atoms with Gasteiger partial charge in [0.2, 0.25) is 11.8 Å². The van der Waals surface area contributed by atoms with Crippen LogP contribution in [0.25, 0.3) is 0 Å². The van der Waals surface area contributed by atoms with Gasteiger partial charge in [0.1, 0.15) is 0 Å². The summed E-state index contributed by atoms with van der Waals surface area (Å²) >= 11 is 0. The average molecular weight is 307 g/mol. The molecule has 122 valence electrons. The van der Waals surface area contributed by atoms with Gasteiger partial charge < -0.3 is 15.2 Å². The van der Waals surface area contributed by atoms with Crippen molar-refractivity contribution >= 4 is 5.91 Å². The van der Waals surface area contributed by atoms with E-state index >= 15 is 0 Å². The second-order valence-corrected chi connectivity index (χ2v) is 6.26. The van der Waals surface area contributed by atoms with Gasteiger partial charge >= 0.3 is 0 Å². The Morgan fingerprint density at radius 3 is 2.68 bits per heavy atom. The Balaban J connectivity index is 1.48. The number of aryl methyl sites for hydroxylation is 1. The molecule has 0 bridgehead atoms. The first-order valence-corrected chi connectivity index (χ1v) is 8.25. The van der Waals surface area contributed by atoms with Gasteiger partial charge in [0, 0.05) is 38.6 Å². The summed E-state index contributed by atoms with van der Waals surface area (Å²) in [6, 6.07) is 0.0531. The first kappa shape index (κ1) is 15.4. The summed E-state index contributed by atoms with van der Waals surface area (Å²) in [6.45, 7) is 5.92. The molecule has 7 heteroatoms. The normalized spacial score (nSPS) is 26.5. The van der Waals surface area contributed by atoms with Crippen molar-refractivity contribution in [3.63, 3.8) is 0 Å². The lowest BCUT2D eigenvalue weighted by Gasteiger charge is -2.36. The fourth-order valence-corrected chi connectivity index (χ4v) is 3.35. The Morgan fingerprint density at radius 1 is 1.32 bits per heavy atom. The first-order valence-electron chi connectivity index (χ1n) is 8.25. The van der Waals surface area contributed by atoms with Gasteiger partial charge in [-0.1, -0.05) is 18.5 Å². The number of aromatic nitrogens is 2. The molecule has 1 aliphatic heterocycles. The second-order valence-electron chi connectivity index (χ2n) is 6.26. The Kier molecular flexibility index (Phi) is 4.73. The van der Waals surface area contributed by atoms with Crippen LogP contribution < -0.4 is 5.73 Å². The van der Waals surface area contributed by atoms with Crippen LogP contribution in [0, 0.1) is 5.92 Å². The quantitative estimate of drug-likeness (QED) is 0.866. The van der Waals surface area contributed by atoms with Gasteiger partial charge in [-0.2, -0.15) is 4.98 Å². The van der Waals surface area contributed by atoms with Gasteiger partial charge in [-0.25, -0.2) is 0 Å². The van der Waals surface area contributed by atoms with Crippen LogP contribution in [0.1, 0.15) is 37.9 Å². The third-order valence-corrected chi connectivity index (χ3v) is 4.75. The van der Waals surface area contributed by atoms with E-state index in [0.29, 0.717) is 12.4 Å². The number of hydrogen-bond acceptors (Lipinski definition) is 6. The minimum Gasteiger partial charge on any atom is -0.340 e. The van der Waals surface area contributed by atoms with E-state index in [1.165, 1.54) is 0 Å². The monoisotopic (exact) mass is 307 g/mol. The summed E-state index contributed by atoms with van der Waals surface area (Å²) in [6.07, 6.45) is 3.77. The highest BCUT2D eigenvalue weighted by atomic mass is 16.5. The fourth-order valence-electron chi connectivity index (χ4n) is 3.35. The van der Waals surface area contributed by atoms with Crippen molar-refractivity contribution in [1.82, 2.24) is 19.9 Å². The number of carbonyl (C=O) groups excluding carboxylic acids is 1. The SMILES string of the molecule is CCc1nc(CN2CCN(C(=O)[C@@H]3CCC[C@@H]3N)CC2)no1. The molecule has 2 N–H and O–H groups in total. The van der Waals surface area contributed by atoms with Gasteiger partial charge in [-0.3, -0.25) is 9.69 Å². The van der Waals surface area contributed by atoms with Gasteiger partial charge in [0.25, 0.3) is 0 Å². The van der Waals surface area contributed by atoms with Gasteiger partial charge in [-0.05, 0) is 12.8 Å². The lowest BCUT2D eigenvalue weighted by atomic mass is 10.0. The van der Waals surface area contributed by atoms with Gasteiger partial charge in [0.05, 0.1) is 12.5 Å². The van der Waals surface area contributed by atoms with Crippen LogP contribution in [0.4, 0.5) is 0 Å². The van der Waals surface area contributed by atoms with E-state index in [-0.39, 0.29) is 17.9 Å². The molecule has 1 saturated carbocycles. The van der Waals surface area contributed by atoms with Crippen molar-refractivity contribution in [2.45, 2.75) is 45.2 Å². The van der Waals surface area contributed by atoms with E-state index in [1.807, 2.05) is 11.8 Å². The third kappa shape index (κ3) is 3.30. The summed E-state index contributed by atoms with van der Waals surface area (Å²) in [5.74, 6) is 1.70. The summed E-state index contributed by atoms with van der Waals surface area (Å²) in [4.78, 5) is 21.1. The van der Waals surface area contributed by atoms with Crippen molar-refractivity contribution in [3.05, 3.63) is 11.7 Å². The first-order chi connectivity index (χ1) is 10.7. The summed E-state index contributed by atoms with van der Waals surface area (Å²) in [5.41, 5.74) is 6.05. The van der Waals surface area contributed by atoms with E-state index in [2.05, 4.69) is 15.0 Å². The van der Waals surface area contributed by atoms with Crippen LogP contribution in [0.2, 0.25) is 0 Å². The Hall–Kier alpha value is -1.47. The molecule has 1 saturated heterocycles. The smallest absolute Gasteiger partial charge is 0.227 e. The predicted octanol–water partition coefficient (Wildman–Crippen LogP) is 0.404. The number of amides is 1. The molecule has 7 nitrogen and oxygen atoms in total. The topological polar surface area (TPSA) is 88.5 Å². The molecule has 2 fully saturated rings. The summed E-state index contributed by atoms with van der Waals surface area (Å²) in [5, 5.41) is 3.98. The van der Waals surface area contributed by atoms with Crippen LogP contribution in [0.15, 0.2) is 4.52 Å². The molecule has 2 aliphatic rings. The van der Waals surface area contributed by atoms with Crippen LogP contribution in [0.5, 0.6) is 0 Å². The molecule has 1 amide bonds. The average Bonchev–Trinajstić information content (AvgIpc) is 3.16. The molecule has 1 aliphatic carbocycles. The van der Waals surface area contributed by atoms with Gasteiger partial charge in [0.15, 0.2) is 5.82 Å². The van der Waals surface area contributed by atoms with Crippen LogP contribution in [-0.4, -0.2) is 58.1 Å². The van der Waals surface area contributed by atoms with Crippen molar-refractivity contribution in [2.75, 3.05) is 26.2 Å². The Labute approximate surface area is 130 Å². The maximum Gasteiger partial charge on any atom is 0.227 e. The number of carbonyl (C=O) groups is 1. The number of rotatable bonds is 4. The molecular formula is C15H25N5O2. The minimum absolute atomic E-state index is 0.0378. The van der Waals surface area contributed by atoms with E-state index in [9.17, 15) is 4.79 Å². The molecule has 1 aromatic rings. The molecule has 2 atom stereocenters. The number of nitrogens with zero attached hydrogens (tertiary/aromatic N) is 4. The Morgan fingerprint density at radius 2 is 2.09 bits per heavy atom. The third-order valence-electron chi connectivity index (χ3n) is 4.75. The van der Waals surface area contributed by atoms with E-state index in [1.54, 1.807) is 0 Å². The van der Waals surface area contributed by atoms with Crippen molar-refractivity contribution in [1.29, 1.82) is 0 Å². The number of hydrogen-bond donors (Lipinski definition) is 1. The van der Waals surface area contributed by atoms with Gasteiger partial charge in [-0.15, -0.1) is 0 Å². The minimum atomic E-state index is 0.0378. The second kappa shape index (κ2) is 6.75. The van der Waals surface area contributed by atoms with Crippen LogP contribution in [0.3, 0.4) is 0 Å². The zero-order chi connectivity index (χ0) is 15.5. The molecular weight excluding hydrogens is 282 g/mol. The highest BCUT2D eigenvalue weighted by Crippen LogP contribution is 2.26. The number of piperazine rings is 1. The molecule has 22 heavy (non-hydrogen) atoms. The molecule has 2 heterocycles. The predicted molar refractivity (Wildman–Crippen MR) is 80.8 cm³/mol. The fraction of sp³-hybridized carbons (Fsp3) is 0.800. The summed E-state index contributed by atoms with van der Waals surface area (Å²) < 4.78 is 5.13. The zero-order valence-electron chi connectivity index (χ0n) is 13.2. The molecule has 1 aromatic heterocycles. The zero-order valence-corrected chi connectivity index (χ0v) is 13.2. The van der Waals surface area contributed by atoms with Crippen LogP contribution >= 0.6 is 0 Å². The standard InChI is InChI=1S/C15H25N5O2/c1-2-14-17-13(18-22-14)10-19-6-8-20(9-7-19)15(21)11-4-3-5-12(11)16/h11-12H,2-10,16H2,1H3/t11-,12+/m1/s1. The molecule has 0 radical (unpaired) electrons. The maximum atomic E-state index is 12.5. The van der Waals surface area contributed by atoms with Crippen molar-refractivity contribution in [3.8, 4) is 0 Å². The van der Waals surface area contributed by atoms with E-state index in [4.69, 9.17) is 10.3 Å². The van der Waals surface area contributed by atoms with Crippen molar-refractivity contribution in [2.24, 2.45) is 11.7 Å². The maximum absolute atomic E-state index is 12.5. The van der Waals surface area contributed by atoms with E-state index < -0.39 is 0 Å². The summed E-state index contributed by atoms with van der Waals surface area (Å²) in [7, 11) is 0. The lowest BCUT2D eigenvalue weighted by Crippen LogP contribution is -2.51. The molecule has 0 aromatic carbocycles. The van der Waals surface area contributed by atoms with Crippen LogP contribution in [-0.2, 0) is 17.8 Å². The molecule has 0 unspecified atom stereocenters. The molecule has 0 spiro atoms. The highest BCUT2D eigenvalue weighted by Gasteiger charge is 2.34. The van der Waals surface area contributed by atoms with E-state index in [0.717, 1.165) is 57.7 Å². The highest BCUT2D eigenvalue weighted by molar-refractivity contribution is 5.80. The lowest BCUT2D eigenvalue weighted by molar-refractivity contribution is -0.137. The molecule has 3 rings (SSSR count). The largest absolute Gasteiger partial charge is 0.340 e. The van der Waals surface area contributed by atoms with Crippen molar-refractivity contribution < 1.29 is 9.32 Å². The number of nitrogens with two attached hydrogens (primary N) is 1. The Bertz CT molecular complexity index is 510.